The van der Waals surface area contributed by atoms with Crippen LogP contribution in [0.5, 0.6) is 0 Å². The van der Waals surface area contributed by atoms with Gasteiger partial charge in [0.1, 0.15) is 31.6 Å². The van der Waals surface area contributed by atoms with Crippen LogP contribution in [0.15, 0.2) is 16.1 Å². The van der Waals surface area contributed by atoms with Gasteiger partial charge >= 0.3 is 23.5 Å². The Morgan fingerprint density at radius 2 is 2.00 bits per heavy atom. The minimum absolute atomic E-state index is 0.0293. The zero-order valence-corrected chi connectivity index (χ0v) is 28.8. The Morgan fingerprint density at radius 3 is 2.66 bits per heavy atom. The molecule has 3 rings (SSSR count). The first-order valence-electron chi connectivity index (χ1n) is 12.9. The Bertz CT molecular complexity index is 1740. The molecular weight excluding hydrogens is 733 g/mol. The van der Waals surface area contributed by atoms with E-state index in [9.17, 15) is 28.3 Å². The Hall–Kier alpha value is -1.96. The van der Waals surface area contributed by atoms with Crippen LogP contribution in [0.2, 0.25) is 0 Å². The second-order valence-corrected chi connectivity index (χ2v) is 17.2. The fourth-order valence-electron chi connectivity index (χ4n) is 3.79. The van der Waals surface area contributed by atoms with Crippen LogP contribution in [0.4, 0.5) is 5.95 Å². The summed E-state index contributed by atoms with van der Waals surface area (Å²) in [7, 11) is -13.8. The van der Waals surface area contributed by atoms with Crippen molar-refractivity contribution in [1.82, 2.24) is 14.5 Å². The summed E-state index contributed by atoms with van der Waals surface area (Å²) in [4.78, 5) is 58.7. The highest BCUT2D eigenvalue weighted by molar-refractivity contribution is 8.77. The summed E-state index contributed by atoms with van der Waals surface area (Å²) in [5.41, 5.74) is 19.8. The molecule has 9 N–H and O–H groups in total. The molecule has 0 spiro atoms. The highest BCUT2D eigenvalue weighted by Crippen LogP contribution is 2.66. The molecule has 22 nitrogen and oxygen atoms in total. The van der Waals surface area contributed by atoms with Gasteiger partial charge in [0.15, 0.2) is 5.65 Å². The van der Waals surface area contributed by atoms with Gasteiger partial charge in [-0.25, -0.2) is 13.7 Å². The van der Waals surface area contributed by atoms with Gasteiger partial charge in [0, 0.05) is 28.8 Å². The van der Waals surface area contributed by atoms with Crippen LogP contribution < -0.4 is 17.0 Å². The molecule has 5 atom stereocenters. The van der Waals surface area contributed by atoms with Crippen molar-refractivity contribution in [2.75, 3.05) is 38.2 Å². The van der Waals surface area contributed by atoms with E-state index in [1.807, 2.05) is 13.8 Å². The first-order valence-corrected chi connectivity index (χ1v) is 19.7. The predicted octanol–water partition coefficient (Wildman–Crippen LogP) is 2.03. The van der Waals surface area contributed by atoms with Gasteiger partial charge in [-0.05, 0) is 19.4 Å². The van der Waals surface area contributed by atoms with Gasteiger partial charge in [-0.15, -0.1) is 0 Å². The van der Waals surface area contributed by atoms with Gasteiger partial charge in [-0.1, -0.05) is 38.5 Å². The van der Waals surface area contributed by atoms with E-state index in [4.69, 9.17) is 45.5 Å². The normalized spacial score (nSPS) is 21.0. The Labute approximate surface area is 273 Å². The lowest BCUT2D eigenvalue weighted by atomic mass is 10.2. The third-order valence-corrected chi connectivity index (χ3v) is 12.5. The molecule has 1 aliphatic rings. The summed E-state index contributed by atoms with van der Waals surface area (Å²) >= 11 is 0. The number of hydrogen-bond acceptors (Lipinski definition) is 16. The van der Waals surface area contributed by atoms with Crippen LogP contribution in [0.25, 0.3) is 21.5 Å². The number of nitrogens with zero attached hydrogens (tertiary/aromatic N) is 5. The van der Waals surface area contributed by atoms with Crippen molar-refractivity contribution in [3.05, 3.63) is 32.6 Å². The molecule has 0 aliphatic carbocycles. The van der Waals surface area contributed by atoms with Crippen LogP contribution in [0.3, 0.4) is 0 Å². The number of hydrogen-bond donors (Lipinski definition) is 7. The summed E-state index contributed by atoms with van der Waals surface area (Å²) in [5.74, 6) is 5.78. The first-order chi connectivity index (χ1) is 21.9. The van der Waals surface area contributed by atoms with Crippen molar-refractivity contribution in [3.63, 3.8) is 0 Å². The van der Waals surface area contributed by atoms with Gasteiger partial charge in [0.05, 0.1) is 23.7 Å². The van der Waals surface area contributed by atoms with Gasteiger partial charge < -0.3 is 49.8 Å². The van der Waals surface area contributed by atoms with Crippen molar-refractivity contribution in [3.8, 4) is 11.8 Å². The highest BCUT2D eigenvalue weighted by Gasteiger charge is 2.43. The standard InChI is InChI=1S/C20H31N8O14P3S2/c1-20(2,9-21)47-46-11-37-5-3-4-12-7-28(17-16(12)18(29)26-19(22)25-17)15-6-13(38-10-24-27-23)14(40-15)8-39-44(33,34)42-45(35,36)41-43(30,31)32/h7,13-15H,5-6,8-11,21H2,1-2H3,(H,33,34)(H,35,36)(H2,30,31,32)(H3,22,25,26,29)/t13-,14-,15-/m1/s1. The Balaban J connectivity index is 1.81. The van der Waals surface area contributed by atoms with Crippen LogP contribution in [-0.2, 0) is 41.1 Å². The average Bonchev–Trinajstić information content (AvgIpc) is 3.50. The topological polar surface area (TPSA) is 339 Å². The van der Waals surface area contributed by atoms with Crippen molar-refractivity contribution < 1.29 is 60.6 Å². The number of nitrogens with one attached hydrogen (secondary N) is 1. The number of azide groups is 1. The largest absolute Gasteiger partial charge is 0.490 e. The molecule has 1 saturated heterocycles. The van der Waals surface area contributed by atoms with E-state index in [0.717, 1.165) is 0 Å². The molecule has 1 aliphatic heterocycles. The molecule has 3 heterocycles. The third-order valence-electron chi connectivity index (χ3n) is 5.72. The smallest absolute Gasteiger partial charge is 0.369 e. The molecule has 2 aromatic heterocycles. The maximum absolute atomic E-state index is 12.9. The number of anilines is 1. The van der Waals surface area contributed by atoms with Gasteiger partial charge in [-0.2, -0.15) is 13.6 Å². The minimum Gasteiger partial charge on any atom is -0.369 e. The summed E-state index contributed by atoms with van der Waals surface area (Å²) < 4.78 is 65.2. The number of rotatable bonds is 17. The lowest BCUT2D eigenvalue weighted by Crippen LogP contribution is -2.29. The fraction of sp³-hybridized carbons (Fsp3) is 0.600. The van der Waals surface area contributed by atoms with Crippen molar-refractivity contribution in [2.45, 2.75) is 43.5 Å². The van der Waals surface area contributed by atoms with E-state index >= 15 is 0 Å². The molecule has 0 amide bonds. The van der Waals surface area contributed by atoms with Crippen LogP contribution >= 0.6 is 45.1 Å². The van der Waals surface area contributed by atoms with Crippen molar-refractivity contribution in [2.24, 2.45) is 10.8 Å². The average molecular weight is 765 g/mol. The van der Waals surface area contributed by atoms with Crippen LogP contribution in [0.1, 0.15) is 32.1 Å². The fourth-order valence-corrected chi connectivity index (χ4v) is 8.91. The van der Waals surface area contributed by atoms with Crippen LogP contribution in [-0.4, -0.2) is 83.5 Å². The molecule has 2 unspecified atom stereocenters. The number of fused-ring (bicyclic) bond motifs is 1. The molecule has 0 saturated carbocycles. The number of H-pyrrole nitrogens is 1. The molecule has 47 heavy (non-hydrogen) atoms. The second-order valence-electron chi connectivity index (χ2n) is 9.85. The number of aromatic nitrogens is 3. The second kappa shape index (κ2) is 16.6. The summed E-state index contributed by atoms with van der Waals surface area (Å²) in [6.07, 6.45) is -1.88. The van der Waals surface area contributed by atoms with Crippen LogP contribution in [0, 0.1) is 11.8 Å². The van der Waals surface area contributed by atoms with Crippen molar-refractivity contribution in [1.29, 1.82) is 0 Å². The highest BCUT2D eigenvalue weighted by atomic mass is 33.1. The first kappa shape index (κ1) is 39.5. The summed E-state index contributed by atoms with van der Waals surface area (Å²) in [6.45, 7) is 3.15. The lowest BCUT2D eigenvalue weighted by Gasteiger charge is -2.21. The van der Waals surface area contributed by atoms with Gasteiger partial charge in [-0.3, -0.25) is 14.3 Å². The van der Waals surface area contributed by atoms with E-state index in [1.54, 1.807) is 10.8 Å². The van der Waals surface area contributed by atoms with E-state index in [2.05, 4.69) is 40.5 Å². The van der Waals surface area contributed by atoms with Crippen molar-refractivity contribution >= 4 is 62.0 Å². The summed E-state index contributed by atoms with van der Waals surface area (Å²) in [5, 5.41) is 3.33. The number of nitrogens with two attached hydrogens (primary N) is 2. The van der Waals surface area contributed by atoms with E-state index < -0.39 is 60.8 Å². The summed E-state index contributed by atoms with van der Waals surface area (Å²) in [6, 6.07) is 0. The van der Waals surface area contributed by atoms with Gasteiger partial charge in [0.25, 0.3) is 5.56 Å². The predicted molar refractivity (Wildman–Crippen MR) is 168 cm³/mol. The zero-order valence-electron chi connectivity index (χ0n) is 24.5. The molecule has 27 heteroatoms. The number of nitrogen functional groups attached to an aromatic ring is 1. The quantitative estimate of drug-likeness (QED) is 0.0177. The molecule has 2 aromatic rings. The number of ether oxygens (including phenoxy) is 3. The molecule has 0 aromatic carbocycles. The number of phosphoric ester groups is 1. The maximum Gasteiger partial charge on any atom is 0.490 e. The molecular formula is C20H31N8O14P3S2. The van der Waals surface area contributed by atoms with E-state index in [-0.39, 0.29) is 40.3 Å². The molecule has 262 valence electrons. The molecule has 1 fully saturated rings. The maximum atomic E-state index is 12.9. The SMILES string of the molecule is CC(C)(CN)SSCOCC#Cc1cn([C@H]2C[C@@H](OCN=[N+]=[N-])[C@@H](COP(=O)(O)OP(=O)(O)OP(=O)(O)O)O2)c2nc(N)[nH]c(=O)c12. The zero-order chi connectivity index (χ0) is 35.0. The number of aromatic amines is 1. The van der Waals surface area contributed by atoms with Gasteiger partial charge in [0.2, 0.25) is 5.95 Å². The molecule has 0 bridgehead atoms. The monoisotopic (exact) mass is 764 g/mol. The minimum atomic E-state index is -5.77. The Morgan fingerprint density at radius 1 is 1.28 bits per heavy atom. The van der Waals surface area contributed by atoms with E-state index in [1.165, 1.54) is 21.6 Å². The van der Waals surface area contributed by atoms with E-state index in [0.29, 0.717) is 12.5 Å². The lowest BCUT2D eigenvalue weighted by molar-refractivity contribution is -0.0581. The molecule has 0 radical (unpaired) electrons. The Kier molecular flexibility index (Phi) is 14.0. The third kappa shape index (κ3) is 12.5. The number of phosphoric acid groups is 3.